The Kier molecular flexibility index (Phi) is 4.88. The second-order valence-electron chi connectivity index (χ2n) is 7.63. The van der Waals surface area contributed by atoms with Gasteiger partial charge in [0.2, 0.25) is 5.82 Å². The first-order valence-corrected chi connectivity index (χ1v) is 10.1. The van der Waals surface area contributed by atoms with Crippen LogP contribution in [0, 0.1) is 0 Å². The molecule has 0 saturated heterocycles. The molecule has 1 N–H and O–H groups in total. The standard InChI is InChI=1S/C24H23N5/c1-3-9-19(10-4-1)17-29-24(25-26-27-29)23(21-12-5-2-6-13-21)28-16-15-20-11-7-8-14-22(20)18-28/h1-14,23H,15-18H2/p+1/t23-/m1/s1. The summed E-state index contributed by atoms with van der Waals surface area (Å²) in [7, 11) is 0. The smallest absolute Gasteiger partial charge is 0.214 e. The maximum atomic E-state index is 4.50. The summed E-state index contributed by atoms with van der Waals surface area (Å²) in [5, 5.41) is 12.9. The molecule has 3 aromatic carbocycles. The summed E-state index contributed by atoms with van der Waals surface area (Å²) in [6.07, 6.45) is 1.08. The molecule has 0 amide bonds. The van der Waals surface area contributed by atoms with E-state index in [1.54, 1.807) is 0 Å². The molecule has 2 atom stereocenters. The number of quaternary nitrogens is 1. The van der Waals surface area contributed by atoms with Crippen LogP contribution in [0.1, 0.15) is 34.1 Å². The van der Waals surface area contributed by atoms with E-state index >= 15 is 0 Å². The molecular formula is C24H24N5+. The molecule has 1 unspecified atom stereocenters. The molecule has 1 aromatic heterocycles. The lowest BCUT2D eigenvalue weighted by atomic mass is 9.96. The molecule has 1 aliphatic rings. The highest BCUT2D eigenvalue weighted by atomic mass is 15.5. The molecule has 0 saturated carbocycles. The van der Waals surface area contributed by atoms with Gasteiger partial charge in [0.05, 0.1) is 13.1 Å². The normalized spacial score (nSPS) is 16.9. The molecule has 5 heteroatoms. The predicted octanol–water partition coefficient (Wildman–Crippen LogP) is 2.45. The van der Waals surface area contributed by atoms with Crippen LogP contribution in [0.4, 0.5) is 0 Å². The minimum atomic E-state index is 0.100. The van der Waals surface area contributed by atoms with Crippen molar-refractivity contribution in [3.05, 3.63) is 113 Å². The number of rotatable bonds is 5. The summed E-state index contributed by atoms with van der Waals surface area (Å²) in [5.74, 6) is 0.925. The molecule has 0 bridgehead atoms. The highest BCUT2D eigenvalue weighted by Gasteiger charge is 2.33. The Labute approximate surface area is 170 Å². The van der Waals surface area contributed by atoms with Gasteiger partial charge in [-0.3, -0.25) is 0 Å². The molecule has 1 aliphatic heterocycles. The number of nitrogens with one attached hydrogen (secondary N) is 1. The van der Waals surface area contributed by atoms with Crippen molar-refractivity contribution in [1.29, 1.82) is 0 Å². The van der Waals surface area contributed by atoms with Gasteiger partial charge in [-0.15, -0.1) is 5.10 Å². The number of aromatic nitrogens is 4. The summed E-state index contributed by atoms with van der Waals surface area (Å²) in [6, 6.07) is 29.9. The average molecular weight is 382 g/mol. The van der Waals surface area contributed by atoms with Crippen LogP contribution in [0.5, 0.6) is 0 Å². The Hall–Kier alpha value is -3.31. The van der Waals surface area contributed by atoms with E-state index in [-0.39, 0.29) is 6.04 Å². The van der Waals surface area contributed by atoms with E-state index in [1.807, 2.05) is 10.7 Å². The highest BCUT2D eigenvalue weighted by Crippen LogP contribution is 2.20. The lowest BCUT2D eigenvalue weighted by molar-refractivity contribution is -0.941. The minimum Gasteiger partial charge on any atom is -0.318 e. The van der Waals surface area contributed by atoms with E-state index in [4.69, 9.17) is 0 Å². The lowest BCUT2D eigenvalue weighted by Gasteiger charge is -2.32. The molecule has 2 heterocycles. The van der Waals surface area contributed by atoms with E-state index in [0.29, 0.717) is 6.54 Å². The van der Waals surface area contributed by atoms with Gasteiger partial charge in [0.1, 0.15) is 6.54 Å². The number of hydrogen-bond donors (Lipinski definition) is 1. The Bertz CT molecular complexity index is 1070. The second kappa shape index (κ2) is 7.97. The largest absolute Gasteiger partial charge is 0.318 e. The number of tetrazole rings is 1. The molecule has 0 aliphatic carbocycles. The fraction of sp³-hybridized carbons (Fsp3) is 0.208. The molecule has 4 aromatic rings. The Morgan fingerprint density at radius 3 is 2.31 bits per heavy atom. The topological polar surface area (TPSA) is 48.0 Å². The van der Waals surface area contributed by atoms with E-state index < -0.39 is 0 Å². The Balaban J connectivity index is 1.52. The zero-order valence-electron chi connectivity index (χ0n) is 16.3. The van der Waals surface area contributed by atoms with Gasteiger partial charge in [-0.1, -0.05) is 84.9 Å². The van der Waals surface area contributed by atoms with Gasteiger partial charge in [-0.05, 0) is 21.6 Å². The summed E-state index contributed by atoms with van der Waals surface area (Å²) < 4.78 is 1.96. The van der Waals surface area contributed by atoms with Gasteiger partial charge >= 0.3 is 0 Å². The van der Waals surface area contributed by atoms with E-state index in [9.17, 15) is 0 Å². The van der Waals surface area contributed by atoms with Crippen molar-refractivity contribution in [3.63, 3.8) is 0 Å². The number of nitrogens with zero attached hydrogens (tertiary/aromatic N) is 4. The van der Waals surface area contributed by atoms with Crippen molar-refractivity contribution in [2.24, 2.45) is 0 Å². The van der Waals surface area contributed by atoms with Gasteiger partial charge in [-0.25, -0.2) is 4.68 Å². The number of benzene rings is 3. The van der Waals surface area contributed by atoms with Crippen LogP contribution in [-0.2, 0) is 19.5 Å². The first-order chi connectivity index (χ1) is 14.4. The second-order valence-corrected chi connectivity index (χ2v) is 7.63. The van der Waals surface area contributed by atoms with Crippen LogP contribution in [-0.4, -0.2) is 26.8 Å². The van der Waals surface area contributed by atoms with Crippen molar-refractivity contribution in [3.8, 4) is 0 Å². The molecular weight excluding hydrogens is 358 g/mol. The molecule has 5 rings (SSSR count). The van der Waals surface area contributed by atoms with Gasteiger partial charge in [0.15, 0.2) is 6.04 Å². The molecule has 0 spiro atoms. The SMILES string of the molecule is c1ccc(Cn2nnnc2[C@@H](c2ccccc2)[NH+]2CCc3ccccc3C2)cc1. The minimum absolute atomic E-state index is 0.100. The summed E-state index contributed by atoms with van der Waals surface area (Å²) in [4.78, 5) is 1.49. The van der Waals surface area contributed by atoms with Crippen molar-refractivity contribution < 1.29 is 4.90 Å². The van der Waals surface area contributed by atoms with Crippen LogP contribution in [0.15, 0.2) is 84.9 Å². The van der Waals surface area contributed by atoms with E-state index in [2.05, 4.69) is 94.4 Å². The first-order valence-electron chi connectivity index (χ1n) is 10.1. The number of fused-ring (bicyclic) bond motifs is 1. The van der Waals surface area contributed by atoms with Crippen LogP contribution >= 0.6 is 0 Å². The summed E-state index contributed by atoms with van der Waals surface area (Å²) in [5.41, 5.74) is 5.35. The summed E-state index contributed by atoms with van der Waals surface area (Å²) in [6.45, 7) is 2.72. The molecule has 0 fully saturated rings. The van der Waals surface area contributed by atoms with E-state index in [0.717, 1.165) is 25.3 Å². The maximum absolute atomic E-state index is 4.50. The Morgan fingerprint density at radius 2 is 1.52 bits per heavy atom. The lowest BCUT2D eigenvalue weighted by Crippen LogP contribution is -3.12. The van der Waals surface area contributed by atoms with Crippen LogP contribution in [0.25, 0.3) is 0 Å². The molecule has 5 nitrogen and oxygen atoms in total. The molecule has 29 heavy (non-hydrogen) atoms. The van der Waals surface area contributed by atoms with Gasteiger partial charge in [0, 0.05) is 17.5 Å². The average Bonchev–Trinajstić information content (AvgIpc) is 3.23. The highest BCUT2D eigenvalue weighted by molar-refractivity contribution is 5.28. The first kappa shape index (κ1) is 17.8. The molecule has 0 radical (unpaired) electrons. The van der Waals surface area contributed by atoms with E-state index in [1.165, 1.54) is 27.2 Å². The Morgan fingerprint density at radius 1 is 0.828 bits per heavy atom. The van der Waals surface area contributed by atoms with Crippen LogP contribution < -0.4 is 4.90 Å². The third kappa shape index (κ3) is 3.69. The number of hydrogen-bond acceptors (Lipinski definition) is 3. The maximum Gasteiger partial charge on any atom is 0.214 e. The fourth-order valence-corrected chi connectivity index (χ4v) is 4.35. The molecule has 144 valence electrons. The van der Waals surface area contributed by atoms with Gasteiger partial charge in [0.25, 0.3) is 0 Å². The van der Waals surface area contributed by atoms with Gasteiger partial charge < -0.3 is 4.90 Å². The third-order valence-electron chi connectivity index (χ3n) is 5.79. The van der Waals surface area contributed by atoms with Crippen molar-refractivity contribution >= 4 is 0 Å². The van der Waals surface area contributed by atoms with Crippen molar-refractivity contribution in [1.82, 2.24) is 20.2 Å². The van der Waals surface area contributed by atoms with Crippen molar-refractivity contribution in [2.45, 2.75) is 25.6 Å². The quantitative estimate of drug-likeness (QED) is 0.577. The van der Waals surface area contributed by atoms with Crippen molar-refractivity contribution in [2.75, 3.05) is 6.54 Å². The predicted molar refractivity (Wildman–Crippen MR) is 111 cm³/mol. The van der Waals surface area contributed by atoms with Gasteiger partial charge in [-0.2, -0.15) is 0 Å². The zero-order valence-corrected chi connectivity index (χ0v) is 16.3. The monoisotopic (exact) mass is 382 g/mol. The fourth-order valence-electron chi connectivity index (χ4n) is 4.35. The zero-order chi connectivity index (χ0) is 19.5. The summed E-state index contributed by atoms with van der Waals surface area (Å²) >= 11 is 0. The van der Waals surface area contributed by atoms with Crippen LogP contribution in [0.3, 0.4) is 0 Å². The van der Waals surface area contributed by atoms with Crippen LogP contribution in [0.2, 0.25) is 0 Å². The third-order valence-corrected chi connectivity index (χ3v) is 5.79.